The van der Waals surface area contributed by atoms with Gasteiger partial charge in [0.05, 0.1) is 18.6 Å². The molecule has 98 valence electrons. The van der Waals surface area contributed by atoms with Gasteiger partial charge in [0.1, 0.15) is 6.10 Å². The molecule has 3 rings (SSSR count). The van der Waals surface area contributed by atoms with Crippen LogP contribution in [0.1, 0.15) is 13.3 Å². The first kappa shape index (κ1) is 12.0. The number of carbonyl (C=O) groups excluding carboxylic acids is 1. The van der Waals surface area contributed by atoms with Gasteiger partial charge in [0, 0.05) is 17.9 Å². The standard InChI is InChI=1S/C15H16N2O2/c1-2-15(18)17-9-12(10-17)19-14-8-7-11-5-3-4-6-13(11)16-14/h3-8,12H,2,9-10H2,1H3. The van der Waals surface area contributed by atoms with Crippen LogP contribution in [0.25, 0.3) is 10.9 Å². The van der Waals surface area contributed by atoms with E-state index in [1.54, 1.807) is 0 Å². The number of benzene rings is 1. The van der Waals surface area contributed by atoms with Gasteiger partial charge >= 0.3 is 0 Å². The molecule has 19 heavy (non-hydrogen) atoms. The van der Waals surface area contributed by atoms with Gasteiger partial charge in [0.2, 0.25) is 11.8 Å². The van der Waals surface area contributed by atoms with E-state index in [9.17, 15) is 4.79 Å². The minimum absolute atomic E-state index is 0.0733. The number of fused-ring (bicyclic) bond motifs is 1. The summed E-state index contributed by atoms with van der Waals surface area (Å²) in [5, 5.41) is 1.10. The maximum atomic E-state index is 11.4. The molecule has 0 spiro atoms. The molecular weight excluding hydrogens is 240 g/mol. The Kier molecular flexibility index (Phi) is 3.07. The molecule has 2 heterocycles. The number of nitrogens with zero attached hydrogens (tertiary/aromatic N) is 2. The van der Waals surface area contributed by atoms with Gasteiger partial charge in [-0.2, -0.15) is 0 Å². The van der Waals surface area contributed by atoms with E-state index in [0.29, 0.717) is 25.4 Å². The average molecular weight is 256 g/mol. The van der Waals surface area contributed by atoms with Crippen molar-refractivity contribution >= 4 is 16.8 Å². The molecule has 0 N–H and O–H groups in total. The zero-order valence-electron chi connectivity index (χ0n) is 10.9. The molecule has 0 radical (unpaired) electrons. The van der Waals surface area contributed by atoms with Gasteiger partial charge < -0.3 is 9.64 Å². The summed E-state index contributed by atoms with van der Waals surface area (Å²) in [6, 6.07) is 11.8. The second-order valence-electron chi connectivity index (χ2n) is 4.73. The Balaban J connectivity index is 1.65. The third-order valence-corrected chi connectivity index (χ3v) is 3.36. The minimum Gasteiger partial charge on any atom is -0.471 e. The normalized spacial score (nSPS) is 15.3. The number of pyridine rings is 1. The van der Waals surface area contributed by atoms with Crippen LogP contribution in [0.3, 0.4) is 0 Å². The molecule has 4 heteroatoms. The monoisotopic (exact) mass is 256 g/mol. The van der Waals surface area contributed by atoms with Crippen molar-refractivity contribution in [1.82, 2.24) is 9.88 Å². The van der Waals surface area contributed by atoms with Gasteiger partial charge in [-0.15, -0.1) is 0 Å². The molecule has 0 aliphatic carbocycles. The molecule has 1 saturated heterocycles. The van der Waals surface area contributed by atoms with E-state index in [0.717, 1.165) is 10.9 Å². The minimum atomic E-state index is 0.0733. The number of amides is 1. The first-order valence-electron chi connectivity index (χ1n) is 6.56. The van der Waals surface area contributed by atoms with Crippen molar-refractivity contribution in [3.8, 4) is 5.88 Å². The SMILES string of the molecule is CCC(=O)N1CC(Oc2ccc3ccccc3n2)C1. The lowest BCUT2D eigenvalue weighted by molar-refractivity contribution is -0.139. The highest BCUT2D eigenvalue weighted by molar-refractivity contribution is 5.79. The molecule has 4 nitrogen and oxygen atoms in total. The summed E-state index contributed by atoms with van der Waals surface area (Å²) in [6.45, 7) is 3.21. The van der Waals surface area contributed by atoms with Crippen molar-refractivity contribution in [2.24, 2.45) is 0 Å². The smallest absolute Gasteiger partial charge is 0.222 e. The maximum absolute atomic E-state index is 11.4. The second kappa shape index (κ2) is 4.88. The van der Waals surface area contributed by atoms with Crippen LogP contribution in [-0.2, 0) is 4.79 Å². The Labute approximate surface area is 112 Å². The number of hydrogen-bond donors (Lipinski definition) is 0. The topological polar surface area (TPSA) is 42.4 Å². The number of likely N-dealkylation sites (tertiary alicyclic amines) is 1. The molecule has 0 atom stereocenters. The first-order chi connectivity index (χ1) is 9.26. The average Bonchev–Trinajstić information content (AvgIpc) is 2.41. The predicted molar refractivity (Wildman–Crippen MR) is 73.0 cm³/mol. The maximum Gasteiger partial charge on any atom is 0.222 e. The molecule has 1 fully saturated rings. The van der Waals surface area contributed by atoms with Crippen LogP contribution >= 0.6 is 0 Å². The molecule has 1 aliphatic rings. The van der Waals surface area contributed by atoms with Crippen molar-refractivity contribution < 1.29 is 9.53 Å². The Morgan fingerprint density at radius 2 is 2.11 bits per heavy atom. The van der Waals surface area contributed by atoms with Crippen LogP contribution in [-0.4, -0.2) is 35.0 Å². The van der Waals surface area contributed by atoms with Gasteiger partial charge in [0.15, 0.2) is 0 Å². The molecule has 1 aromatic heterocycles. The zero-order chi connectivity index (χ0) is 13.2. The van der Waals surface area contributed by atoms with E-state index in [-0.39, 0.29) is 12.0 Å². The van der Waals surface area contributed by atoms with Crippen molar-refractivity contribution in [3.05, 3.63) is 36.4 Å². The predicted octanol–water partition coefficient (Wildman–Crippen LogP) is 2.23. The number of hydrogen-bond acceptors (Lipinski definition) is 3. The van der Waals surface area contributed by atoms with Gasteiger partial charge in [-0.25, -0.2) is 4.98 Å². The van der Waals surface area contributed by atoms with E-state index in [4.69, 9.17) is 4.74 Å². The van der Waals surface area contributed by atoms with Gasteiger partial charge in [-0.1, -0.05) is 25.1 Å². The first-order valence-corrected chi connectivity index (χ1v) is 6.56. The molecule has 0 bridgehead atoms. The zero-order valence-corrected chi connectivity index (χ0v) is 10.9. The highest BCUT2D eigenvalue weighted by Crippen LogP contribution is 2.20. The highest BCUT2D eigenvalue weighted by atomic mass is 16.5. The number of ether oxygens (including phenoxy) is 1. The summed E-state index contributed by atoms with van der Waals surface area (Å²) in [4.78, 5) is 17.7. The van der Waals surface area contributed by atoms with Crippen molar-refractivity contribution in [2.45, 2.75) is 19.4 Å². The molecular formula is C15H16N2O2. The van der Waals surface area contributed by atoms with Gasteiger partial charge in [-0.05, 0) is 12.1 Å². The molecule has 2 aromatic rings. The number of aromatic nitrogens is 1. The third kappa shape index (κ3) is 2.38. The van der Waals surface area contributed by atoms with Crippen LogP contribution in [0.2, 0.25) is 0 Å². The van der Waals surface area contributed by atoms with Crippen molar-refractivity contribution in [2.75, 3.05) is 13.1 Å². The molecule has 1 aliphatic heterocycles. The van der Waals surface area contributed by atoms with E-state index in [1.807, 2.05) is 48.2 Å². The van der Waals surface area contributed by atoms with Crippen LogP contribution < -0.4 is 4.74 Å². The van der Waals surface area contributed by atoms with Crippen molar-refractivity contribution in [3.63, 3.8) is 0 Å². The summed E-state index contributed by atoms with van der Waals surface area (Å²) in [5.74, 6) is 0.818. The van der Waals surface area contributed by atoms with Crippen LogP contribution in [0, 0.1) is 0 Å². The highest BCUT2D eigenvalue weighted by Gasteiger charge is 2.31. The van der Waals surface area contributed by atoms with Gasteiger partial charge in [-0.3, -0.25) is 4.79 Å². The van der Waals surface area contributed by atoms with Crippen LogP contribution in [0.15, 0.2) is 36.4 Å². The molecule has 0 unspecified atom stereocenters. The third-order valence-electron chi connectivity index (χ3n) is 3.36. The van der Waals surface area contributed by atoms with Gasteiger partial charge in [0.25, 0.3) is 0 Å². The lowest BCUT2D eigenvalue weighted by Gasteiger charge is -2.38. The summed E-state index contributed by atoms with van der Waals surface area (Å²) in [7, 11) is 0. The fourth-order valence-corrected chi connectivity index (χ4v) is 2.22. The summed E-state index contributed by atoms with van der Waals surface area (Å²) in [6.07, 6.45) is 0.630. The number of rotatable bonds is 3. The fourth-order valence-electron chi connectivity index (χ4n) is 2.22. The number of para-hydroxylation sites is 1. The Bertz CT molecular complexity index is 606. The summed E-state index contributed by atoms with van der Waals surface area (Å²) >= 11 is 0. The van der Waals surface area contributed by atoms with Crippen LogP contribution in [0.5, 0.6) is 5.88 Å². The quantitative estimate of drug-likeness (QED) is 0.845. The Hall–Kier alpha value is -2.10. The van der Waals surface area contributed by atoms with Crippen molar-refractivity contribution in [1.29, 1.82) is 0 Å². The molecule has 1 aromatic carbocycles. The molecule has 1 amide bonds. The lowest BCUT2D eigenvalue weighted by Crippen LogP contribution is -2.56. The summed E-state index contributed by atoms with van der Waals surface area (Å²) in [5.41, 5.74) is 0.931. The summed E-state index contributed by atoms with van der Waals surface area (Å²) < 4.78 is 5.78. The second-order valence-corrected chi connectivity index (χ2v) is 4.73. The number of carbonyl (C=O) groups is 1. The molecule has 0 saturated carbocycles. The van der Waals surface area contributed by atoms with E-state index in [2.05, 4.69) is 4.98 Å². The fraction of sp³-hybridized carbons (Fsp3) is 0.333. The largest absolute Gasteiger partial charge is 0.471 e. The lowest BCUT2D eigenvalue weighted by atomic mass is 10.1. The Morgan fingerprint density at radius 1 is 1.32 bits per heavy atom. The van der Waals surface area contributed by atoms with Crippen LogP contribution in [0.4, 0.5) is 0 Å². The van der Waals surface area contributed by atoms with E-state index in [1.165, 1.54) is 0 Å². The Morgan fingerprint density at radius 3 is 2.89 bits per heavy atom. The van der Waals surface area contributed by atoms with E-state index >= 15 is 0 Å². The van der Waals surface area contributed by atoms with E-state index < -0.39 is 0 Å².